The van der Waals surface area contributed by atoms with E-state index in [-0.39, 0.29) is 11.2 Å². The molecule has 0 unspecified atom stereocenters. The second kappa shape index (κ2) is 5.72. The van der Waals surface area contributed by atoms with Crippen molar-refractivity contribution in [2.45, 2.75) is 19.4 Å². The molecule has 1 aromatic rings. The number of nitrogens with zero attached hydrogens (tertiary/aromatic N) is 4. The third-order valence-electron chi connectivity index (χ3n) is 3.86. The van der Waals surface area contributed by atoms with E-state index in [0.29, 0.717) is 6.54 Å². The molecule has 0 aliphatic carbocycles. The molecular formula is C13H22N6O. The largest absolute Gasteiger partial charge is 0.364 e. The molecule has 20 heavy (non-hydrogen) atoms. The number of carbonyl (C=O) groups is 1. The average molecular weight is 278 g/mol. The molecule has 0 atom stereocenters. The van der Waals surface area contributed by atoms with Crippen LogP contribution in [0.3, 0.4) is 0 Å². The number of amides is 1. The van der Waals surface area contributed by atoms with Crippen LogP contribution in [-0.2, 0) is 0 Å². The molecule has 7 nitrogen and oxygen atoms in total. The van der Waals surface area contributed by atoms with Crippen molar-refractivity contribution in [3.05, 3.63) is 17.8 Å². The number of hydrogen-bond donors (Lipinski definition) is 2. The maximum absolute atomic E-state index is 11.0. The molecule has 1 aliphatic heterocycles. The summed E-state index contributed by atoms with van der Waals surface area (Å²) < 4.78 is 0. The minimum atomic E-state index is -0.557. The van der Waals surface area contributed by atoms with Crippen molar-refractivity contribution in [3.63, 3.8) is 0 Å². The molecule has 7 heteroatoms. The Morgan fingerprint density at radius 1 is 1.25 bits per heavy atom. The molecule has 4 N–H and O–H groups in total. The van der Waals surface area contributed by atoms with Gasteiger partial charge in [0.25, 0.3) is 5.91 Å². The van der Waals surface area contributed by atoms with Crippen molar-refractivity contribution in [3.8, 4) is 0 Å². The first-order chi connectivity index (χ1) is 9.44. The number of hydrogen-bond acceptors (Lipinski definition) is 6. The zero-order chi connectivity index (χ0) is 14.8. The minimum Gasteiger partial charge on any atom is -0.364 e. The van der Waals surface area contributed by atoms with E-state index in [4.69, 9.17) is 11.5 Å². The first-order valence-corrected chi connectivity index (χ1v) is 6.77. The summed E-state index contributed by atoms with van der Waals surface area (Å²) in [6.45, 7) is 8.56. The normalized spacial score (nSPS) is 17.2. The Bertz CT molecular complexity index is 464. The summed E-state index contributed by atoms with van der Waals surface area (Å²) in [5.74, 6) is 0.221. The summed E-state index contributed by atoms with van der Waals surface area (Å²) in [5.41, 5.74) is 11.2. The quantitative estimate of drug-likeness (QED) is 0.765. The Kier molecular flexibility index (Phi) is 4.20. The average Bonchev–Trinajstić information content (AvgIpc) is 2.47. The van der Waals surface area contributed by atoms with Gasteiger partial charge in [-0.2, -0.15) is 0 Å². The smallest absolute Gasteiger partial charge is 0.269 e. The Hall–Kier alpha value is -1.73. The van der Waals surface area contributed by atoms with E-state index in [2.05, 4.69) is 33.8 Å². The zero-order valence-electron chi connectivity index (χ0n) is 12.0. The molecule has 0 aromatic carbocycles. The molecule has 0 saturated carbocycles. The lowest BCUT2D eigenvalue weighted by molar-refractivity contribution is 0.0994. The van der Waals surface area contributed by atoms with E-state index in [1.54, 1.807) is 12.1 Å². The number of aromatic nitrogens is 2. The third-order valence-corrected chi connectivity index (χ3v) is 3.86. The lowest BCUT2D eigenvalue weighted by Crippen LogP contribution is -2.57. The molecule has 110 valence electrons. The van der Waals surface area contributed by atoms with Crippen molar-refractivity contribution >= 4 is 11.7 Å². The summed E-state index contributed by atoms with van der Waals surface area (Å²) in [5, 5.41) is 7.90. The fourth-order valence-electron chi connectivity index (χ4n) is 2.30. The molecule has 1 fully saturated rings. The van der Waals surface area contributed by atoms with E-state index in [0.717, 1.165) is 32.0 Å². The van der Waals surface area contributed by atoms with Gasteiger partial charge in [0.1, 0.15) is 0 Å². The van der Waals surface area contributed by atoms with Gasteiger partial charge in [0.2, 0.25) is 0 Å². The van der Waals surface area contributed by atoms with Gasteiger partial charge in [-0.3, -0.25) is 9.69 Å². The van der Waals surface area contributed by atoms with E-state index in [1.807, 2.05) is 0 Å². The van der Waals surface area contributed by atoms with Crippen LogP contribution in [0.1, 0.15) is 24.3 Å². The van der Waals surface area contributed by atoms with Crippen LogP contribution in [0.4, 0.5) is 5.82 Å². The molecule has 2 heterocycles. The molecule has 1 amide bonds. The van der Waals surface area contributed by atoms with Crippen molar-refractivity contribution in [1.82, 2.24) is 15.1 Å². The number of piperazine rings is 1. The maximum Gasteiger partial charge on any atom is 0.269 e. The van der Waals surface area contributed by atoms with Gasteiger partial charge in [-0.1, -0.05) is 0 Å². The maximum atomic E-state index is 11.0. The second-order valence-electron chi connectivity index (χ2n) is 5.63. The van der Waals surface area contributed by atoms with Crippen LogP contribution < -0.4 is 16.4 Å². The molecular weight excluding hydrogens is 256 g/mol. The zero-order valence-corrected chi connectivity index (χ0v) is 12.0. The first-order valence-electron chi connectivity index (χ1n) is 6.77. The Labute approximate surface area is 118 Å². The van der Waals surface area contributed by atoms with E-state index < -0.39 is 5.91 Å². The summed E-state index contributed by atoms with van der Waals surface area (Å²) in [7, 11) is 0. The van der Waals surface area contributed by atoms with Gasteiger partial charge >= 0.3 is 0 Å². The van der Waals surface area contributed by atoms with E-state index in [9.17, 15) is 4.79 Å². The molecule has 1 saturated heterocycles. The predicted octanol–water partition coefficient (Wildman–Crippen LogP) is -0.565. The van der Waals surface area contributed by atoms with Crippen molar-refractivity contribution in [1.29, 1.82) is 0 Å². The monoisotopic (exact) mass is 278 g/mol. The highest BCUT2D eigenvalue weighted by Gasteiger charge is 2.29. The number of anilines is 1. The molecule has 2 rings (SSSR count). The Morgan fingerprint density at radius 2 is 1.90 bits per heavy atom. The number of carbonyl (C=O) groups excluding carboxylic acids is 1. The van der Waals surface area contributed by atoms with Crippen LogP contribution >= 0.6 is 0 Å². The summed E-state index contributed by atoms with van der Waals surface area (Å²) in [6, 6.07) is 3.40. The standard InChI is InChI=1S/C13H22N6O/c1-13(2,9-14)19-7-5-18(6-8-19)11-4-3-10(12(15)20)16-17-11/h3-4H,5-9,14H2,1-2H3,(H2,15,20). The van der Waals surface area contributed by atoms with Crippen LogP contribution in [0.25, 0.3) is 0 Å². The minimum absolute atomic E-state index is 0.0214. The van der Waals surface area contributed by atoms with Crippen molar-refractivity contribution in [2.75, 3.05) is 37.6 Å². The van der Waals surface area contributed by atoms with Gasteiger partial charge in [-0.25, -0.2) is 0 Å². The third kappa shape index (κ3) is 3.05. The lowest BCUT2D eigenvalue weighted by atomic mass is 10.0. The van der Waals surface area contributed by atoms with Crippen LogP contribution in [0.15, 0.2) is 12.1 Å². The first kappa shape index (κ1) is 14.7. The van der Waals surface area contributed by atoms with Crippen molar-refractivity contribution < 1.29 is 4.79 Å². The summed E-state index contributed by atoms with van der Waals surface area (Å²) in [4.78, 5) is 15.5. The number of primary amides is 1. The molecule has 0 radical (unpaired) electrons. The van der Waals surface area contributed by atoms with Crippen molar-refractivity contribution in [2.24, 2.45) is 11.5 Å². The Morgan fingerprint density at radius 3 is 2.35 bits per heavy atom. The van der Waals surface area contributed by atoms with E-state index in [1.165, 1.54) is 0 Å². The van der Waals surface area contributed by atoms with Gasteiger partial charge in [0, 0.05) is 38.3 Å². The highest BCUT2D eigenvalue weighted by atomic mass is 16.1. The van der Waals surface area contributed by atoms with Gasteiger partial charge in [-0.05, 0) is 26.0 Å². The van der Waals surface area contributed by atoms with Crippen LogP contribution in [0.2, 0.25) is 0 Å². The second-order valence-corrected chi connectivity index (χ2v) is 5.63. The van der Waals surface area contributed by atoms with Crippen LogP contribution in [0.5, 0.6) is 0 Å². The van der Waals surface area contributed by atoms with Crippen LogP contribution in [0, 0.1) is 0 Å². The van der Waals surface area contributed by atoms with Crippen LogP contribution in [-0.4, -0.2) is 59.3 Å². The predicted molar refractivity (Wildman–Crippen MR) is 77.5 cm³/mol. The SMILES string of the molecule is CC(C)(CN)N1CCN(c2ccc(C(N)=O)nn2)CC1. The molecule has 0 bridgehead atoms. The summed E-state index contributed by atoms with van der Waals surface area (Å²) in [6.07, 6.45) is 0. The molecule has 1 aromatic heterocycles. The number of nitrogens with two attached hydrogens (primary N) is 2. The molecule has 1 aliphatic rings. The number of rotatable bonds is 4. The topological polar surface area (TPSA) is 101 Å². The van der Waals surface area contributed by atoms with Gasteiger partial charge in [-0.15, -0.1) is 10.2 Å². The fourth-order valence-corrected chi connectivity index (χ4v) is 2.30. The molecule has 0 spiro atoms. The highest BCUT2D eigenvalue weighted by molar-refractivity contribution is 5.90. The fraction of sp³-hybridized carbons (Fsp3) is 0.615. The van der Waals surface area contributed by atoms with E-state index >= 15 is 0 Å². The summed E-state index contributed by atoms with van der Waals surface area (Å²) >= 11 is 0. The highest BCUT2D eigenvalue weighted by Crippen LogP contribution is 2.18. The van der Waals surface area contributed by atoms with Gasteiger partial charge in [0.15, 0.2) is 11.5 Å². The lowest BCUT2D eigenvalue weighted by Gasteiger charge is -2.43. The van der Waals surface area contributed by atoms with Gasteiger partial charge in [0.05, 0.1) is 0 Å². The Balaban J connectivity index is 1.98. The van der Waals surface area contributed by atoms with Gasteiger partial charge < -0.3 is 16.4 Å².